The highest BCUT2D eigenvalue weighted by Gasteiger charge is 2.36. The van der Waals surface area contributed by atoms with Crippen LogP contribution in [-0.2, 0) is 6.18 Å². The first-order chi connectivity index (χ1) is 7.27. The van der Waals surface area contributed by atoms with Crippen LogP contribution in [0.1, 0.15) is 27.3 Å². The van der Waals surface area contributed by atoms with Crippen LogP contribution in [0.3, 0.4) is 0 Å². The number of hydrogen-bond acceptors (Lipinski definition) is 3. The summed E-state index contributed by atoms with van der Waals surface area (Å²) >= 11 is 0. The van der Waals surface area contributed by atoms with Crippen molar-refractivity contribution in [3.05, 3.63) is 28.6 Å². The Labute approximate surface area is 88.0 Å². The molecule has 0 saturated carbocycles. The van der Waals surface area contributed by atoms with E-state index in [0.717, 1.165) is 0 Å². The lowest BCUT2D eigenvalue weighted by atomic mass is 10.1. The van der Waals surface area contributed by atoms with Crippen LogP contribution in [0.15, 0.2) is 6.07 Å². The van der Waals surface area contributed by atoms with E-state index in [0.29, 0.717) is 6.07 Å². The van der Waals surface area contributed by atoms with Crippen molar-refractivity contribution >= 4 is 5.97 Å². The Morgan fingerprint density at radius 1 is 1.56 bits per heavy atom. The van der Waals surface area contributed by atoms with E-state index in [-0.39, 0.29) is 5.69 Å². The van der Waals surface area contributed by atoms with Gasteiger partial charge < -0.3 is 5.11 Å². The van der Waals surface area contributed by atoms with Gasteiger partial charge in [0.1, 0.15) is 6.07 Å². The van der Waals surface area contributed by atoms with Crippen molar-refractivity contribution < 1.29 is 23.1 Å². The van der Waals surface area contributed by atoms with Gasteiger partial charge >= 0.3 is 12.1 Å². The number of carbonyl (C=O) groups is 1. The number of pyridine rings is 1. The number of nitriles is 1. The van der Waals surface area contributed by atoms with Crippen molar-refractivity contribution in [1.29, 1.82) is 5.26 Å². The molecular formula is C9H5F3N2O2. The molecule has 0 spiro atoms. The maximum atomic E-state index is 12.5. The minimum Gasteiger partial charge on any atom is -0.476 e. The molecule has 16 heavy (non-hydrogen) atoms. The summed E-state index contributed by atoms with van der Waals surface area (Å²) in [6.07, 6.45) is -4.77. The Balaban J connectivity index is 3.63. The molecule has 84 valence electrons. The Bertz CT molecular complexity index is 489. The van der Waals surface area contributed by atoms with Crippen molar-refractivity contribution in [1.82, 2.24) is 4.98 Å². The van der Waals surface area contributed by atoms with Gasteiger partial charge in [0.25, 0.3) is 0 Å². The summed E-state index contributed by atoms with van der Waals surface area (Å²) in [6.45, 7) is 1.23. The molecule has 1 rings (SSSR count). The molecule has 7 heteroatoms. The third-order valence-corrected chi connectivity index (χ3v) is 1.77. The average Bonchev–Trinajstić information content (AvgIpc) is 2.14. The second kappa shape index (κ2) is 3.81. The lowest BCUT2D eigenvalue weighted by Crippen LogP contribution is -2.14. The number of carboxylic acid groups (broad SMARTS) is 1. The molecule has 0 aromatic carbocycles. The van der Waals surface area contributed by atoms with E-state index in [1.807, 2.05) is 0 Å². The van der Waals surface area contributed by atoms with E-state index < -0.39 is 29.0 Å². The van der Waals surface area contributed by atoms with Gasteiger partial charge in [-0.3, -0.25) is 0 Å². The number of carboxylic acids is 1. The first-order valence-corrected chi connectivity index (χ1v) is 3.99. The molecule has 0 aliphatic heterocycles. The molecule has 0 saturated heterocycles. The summed E-state index contributed by atoms with van der Waals surface area (Å²) in [5, 5.41) is 17.2. The molecule has 0 atom stereocenters. The van der Waals surface area contributed by atoms with Gasteiger partial charge in [0.05, 0.1) is 11.1 Å². The van der Waals surface area contributed by atoms with Gasteiger partial charge in [-0.1, -0.05) is 0 Å². The molecule has 0 radical (unpaired) electrons. The lowest BCUT2D eigenvalue weighted by Gasteiger charge is -2.10. The summed E-state index contributed by atoms with van der Waals surface area (Å²) in [5.74, 6) is -1.66. The van der Waals surface area contributed by atoms with Crippen molar-refractivity contribution in [2.75, 3.05) is 0 Å². The zero-order valence-corrected chi connectivity index (χ0v) is 7.96. The number of hydrogen-bond donors (Lipinski definition) is 1. The highest BCUT2D eigenvalue weighted by Crippen LogP contribution is 2.33. The van der Waals surface area contributed by atoms with Gasteiger partial charge in [0, 0.05) is 5.69 Å². The average molecular weight is 230 g/mol. The number of alkyl halides is 3. The summed E-state index contributed by atoms with van der Waals surface area (Å²) < 4.78 is 37.5. The van der Waals surface area contributed by atoms with Crippen LogP contribution < -0.4 is 0 Å². The Morgan fingerprint density at radius 2 is 2.12 bits per heavy atom. The van der Waals surface area contributed by atoms with Gasteiger partial charge in [-0.15, -0.1) is 0 Å². The number of nitrogens with zero attached hydrogens (tertiary/aromatic N) is 2. The van der Waals surface area contributed by atoms with Gasteiger partial charge in [-0.2, -0.15) is 18.4 Å². The Hall–Kier alpha value is -2.10. The number of aromatic carboxylic acids is 1. The molecular weight excluding hydrogens is 225 g/mol. The summed E-state index contributed by atoms with van der Waals surface area (Å²) in [6, 6.07) is 1.86. The number of aromatic nitrogens is 1. The summed E-state index contributed by atoms with van der Waals surface area (Å²) in [7, 11) is 0. The van der Waals surface area contributed by atoms with Crippen LogP contribution in [0.25, 0.3) is 0 Å². The van der Waals surface area contributed by atoms with Gasteiger partial charge in [-0.05, 0) is 13.0 Å². The maximum Gasteiger partial charge on any atom is 0.417 e. The normalized spacial score (nSPS) is 10.9. The second-order valence-corrected chi connectivity index (χ2v) is 2.95. The number of rotatable bonds is 1. The monoisotopic (exact) mass is 230 g/mol. The molecule has 0 amide bonds. The molecule has 0 bridgehead atoms. The zero-order valence-electron chi connectivity index (χ0n) is 7.96. The fraction of sp³-hybridized carbons (Fsp3) is 0.222. The second-order valence-electron chi connectivity index (χ2n) is 2.95. The standard InChI is InChI=1S/C9H5F3N2O2/c1-4-2-6(9(10,11)12)5(3-13)7(14-4)8(15)16/h2H,1H3,(H,15,16). The molecule has 0 aliphatic rings. The van der Waals surface area contributed by atoms with Crippen LogP contribution in [-0.4, -0.2) is 16.1 Å². The first-order valence-electron chi connectivity index (χ1n) is 3.99. The van der Waals surface area contributed by atoms with E-state index in [4.69, 9.17) is 10.4 Å². The largest absolute Gasteiger partial charge is 0.476 e. The zero-order chi connectivity index (χ0) is 12.5. The van der Waals surface area contributed by atoms with Gasteiger partial charge in [0.15, 0.2) is 5.69 Å². The molecule has 1 N–H and O–H groups in total. The Kier molecular flexibility index (Phi) is 2.85. The molecule has 0 aliphatic carbocycles. The summed E-state index contributed by atoms with van der Waals surface area (Å²) in [4.78, 5) is 14.0. The Morgan fingerprint density at radius 3 is 2.50 bits per heavy atom. The minimum absolute atomic E-state index is 0.108. The summed E-state index contributed by atoms with van der Waals surface area (Å²) in [5.41, 5.74) is -3.23. The molecule has 1 heterocycles. The minimum atomic E-state index is -4.77. The lowest BCUT2D eigenvalue weighted by molar-refractivity contribution is -0.137. The van der Waals surface area contributed by atoms with Crippen molar-refractivity contribution in [3.8, 4) is 6.07 Å². The fourth-order valence-electron chi connectivity index (χ4n) is 1.16. The fourth-order valence-corrected chi connectivity index (χ4v) is 1.16. The SMILES string of the molecule is Cc1cc(C(F)(F)F)c(C#N)c(C(=O)O)n1. The van der Waals surface area contributed by atoms with E-state index >= 15 is 0 Å². The van der Waals surface area contributed by atoms with Crippen LogP contribution in [0.4, 0.5) is 13.2 Å². The molecule has 1 aromatic rings. The topological polar surface area (TPSA) is 74.0 Å². The van der Waals surface area contributed by atoms with Gasteiger partial charge in [0.2, 0.25) is 0 Å². The van der Waals surface area contributed by atoms with Crippen LogP contribution in [0.5, 0.6) is 0 Å². The van der Waals surface area contributed by atoms with Crippen LogP contribution >= 0.6 is 0 Å². The van der Waals surface area contributed by atoms with Crippen molar-refractivity contribution in [3.63, 3.8) is 0 Å². The van der Waals surface area contributed by atoms with Crippen molar-refractivity contribution in [2.24, 2.45) is 0 Å². The number of halogens is 3. The smallest absolute Gasteiger partial charge is 0.417 e. The first kappa shape index (κ1) is 12.0. The number of aryl methyl sites for hydroxylation is 1. The highest BCUT2D eigenvalue weighted by molar-refractivity contribution is 5.89. The third kappa shape index (κ3) is 2.11. The predicted octanol–water partition coefficient (Wildman–Crippen LogP) is 1.98. The third-order valence-electron chi connectivity index (χ3n) is 1.77. The van der Waals surface area contributed by atoms with Crippen LogP contribution in [0.2, 0.25) is 0 Å². The molecule has 1 aromatic heterocycles. The van der Waals surface area contributed by atoms with E-state index in [1.165, 1.54) is 13.0 Å². The quantitative estimate of drug-likeness (QED) is 0.800. The van der Waals surface area contributed by atoms with E-state index in [9.17, 15) is 18.0 Å². The van der Waals surface area contributed by atoms with Crippen LogP contribution in [0, 0.1) is 18.3 Å². The highest BCUT2D eigenvalue weighted by atomic mass is 19.4. The molecule has 0 unspecified atom stereocenters. The van der Waals surface area contributed by atoms with E-state index in [1.54, 1.807) is 0 Å². The predicted molar refractivity (Wildman–Crippen MR) is 45.7 cm³/mol. The molecule has 4 nitrogen and oxygen atoms in total. The van der Waals surface area contributed by atoms with Gasteiger partial charge in [-0.25, -0.2) is 9.78 Å². The molecule has 0 fully saturated rings. The van der Waals surface area contributed by atoms with E-state index in [2.05, 4.69) is 4.98 Å². The van der Waals surface area contributed by atoms with Crippen molar-refractivity contribution in [2.45, 2.75) is 13.1 Å². The maximum absolute atomic E-state index is 12.5.